The number of ether oxygens (including phenoxy) is 1. The minimum atomic E-state index is -1.69. The first-order valence-electron chi connectivity index (χ1n) is 6.85. The molecule has 0 saturated heterocycles. The monoisotopic (exact) mass is 322 g/mol. The fourth-order valence-corrected chi connectivity index (χ4v) is 2.76. The molecule has 0 fully saturated rings. The summed E-state index contributed by atoms with van der Waals surface area (Å²) in [5.41, 5.74) is -0.128. The number of hydrogen-bond donors (Lipinski definition) is 5. The molecule has 2 aliphatic rings. The van der Waals surface area contributed by atoms with Gasteiger partial charge < -0.3 is 30.3 Å². The predicted molar refractivity (Wildman–Crippen MR) is 74.2 cm³/mol. The van der Waals surface area contributed by atoms with E-state index in [1.807, 2.05) is 0 Å². The molecule has 0 amide bonds. The van der Waals surface area contributed by atoms with Crippen LogP contribution in [0.1, 0.15) is 16.8 Å². The minimum Gasteiger partial charge on any atom is -0.508 e. The number of phenols is 2. The number of aliphatic hydroxyl groups excluding tert-OH is 3. The first-order chi connectivity index (χ1) is 10.8. The predicted octanol–water partition coefficient (Wildman–Crippen LogP) is -0.977. The van der Waals surface area contributed by atoms with Crippen LogP contribution in [0.15, 0.2) is 23.8 Å². The number of aliphatic hydroxyl groups is 3. The third-order valence-corrected chi connectivity index (χ3v) is 3.92. The Kier molecular flexibility index (Phi) is 3.59. The van der Waals surface area contributed by atoms with Gasteiger partial charge >= 0.3 is 0 Å². The van der Waals surface area contributed by atoms with Crippen LogP contribution in [-0.2, 0) is 4.79 Å². The van der Waals surface area contributed by atoms with Gasteiger partial charge in [0.1, 0.15) is 28.9 Å². The summed E-state index contributed by atoms with van der Waals surface area (Å²) >= 11 is 0. The van der Waals surface area contributed by atoms with Gasteiger partial charge in [-0.05, 0) is 11.6 Å². The number of benzene rings is 1. The molecule has 5 N–H and O–H groups in total. The van der Waals surface area contributed by atoms with Crippen molar-refractivity contribution >= 4 is 11.6 Å². The van der Waals surface area contributed by atoms with Crippen molar-refractivity contribution in [3.05, 3.63) is 29.3 Å². The Balaban J connectivity index is 2.01. The molecular weight excluding hydrogens is 308 g/mol. The van der Waals surface area contributed by atoms with Crippen molar-refractivity contribution in [3.63, 3.8) is 0 Å². The highest BCUT2D eigenvalue weighted by molar-refractivity contribution is 6.06. The molecule has 1 aliphatic heterocycles. The van der Waals surface area contributed by atoms with E-state index in [0.717, 1.165) is 18.2 Å². The van der Waals surface area contributed by atoms with Gasteiger partial charge in [0.2, 0.25) is 5.78 Å². The molecule has 3 rings (SSSR count). The third kappa shape index (κ3) is 2.46. The number of carbonyl (C=O) groups is 2. The zero-order chi connectivity index (χ0) is 16.9. The maximum absolute atomic E-state index is 12.2. The Morgan fingerprint density at radius 2 is 1.74 bits per heavy atom. The number of ketones is 2. The fraction of sp³-hybridized carbons (Fsp3) is 0.333. The molecule has 0 radical (unpaired) electrons. The van der Waals surface area contributed by atoms with Crippen molar-refractivity contribution in [2.75, 3.05) is 0 Å². The van der Waals surface area contributed by atoms with Crippen LogP contribution in [0, 0.1) is 0 Å². The van der Waals surface area contributed by atoms with E-state index in [9.17, 15) is 35.1 Å². The largest absolute Gasteiger partial charge is 0.508 e. The van der Waals surface area contributed by atoms with Crippen molar-refractivity contribution in [2.24, 2.45) is 0 Å². The number of Topliss-reactive ketones (excluding diaryl/α,β-unsaturated/α-hetero) is 1. The summed E-state index contributed by atoms with van der Waals surface area (Å²) in [5, 5.41) is 48.4. The van der Waals surface area contributed by atoms with Crippen LogP contribution in [0.3, 0.4) is 0 Å². The first-order valence-corrected chi connectivity index (χ1v) is 6.85. The molecule has 8 heteroatoms. The smallest absolute Gasteiger partial charge is 0.202 e. The second-order valence-corrected chi connectivity index (χ2v) is 5.52. The molecule has 0 bridgehead atoms. The van der Waals surface area contributed by atoms with Gasteiger partial charge in [-0.1, -0.05) is 0 Å². The van der Waals surface area contributed by atoms with Gasteiger partial charge in [0.15, 0.2) is 18.0 Å². The quantitative estimate of drug-likeness (QED) is 0.444. The van der Waals surface area contributed by atoms with Crippen LogP contribution in [0.4, 0.5) is 0 Å². The maximum Gasteiger partial charge on any atom is 0.202 e. The lowest BCUT2D eigenvalue weighted by molar-refractivity contribution is -0.129. The average molecular weight is 322 g/mol. The number of carbonyl (C=O) groups excluding carboxylic acids is 2. The van der Waals surface area contributed by atoms with Crippen molar-refractivity contribution < 1.29 is 39.9 Å². The second kappa shape index (κ2) is 5.34. The molecule has 122 valence electrons. The molecule has 1 aromatic rings. The Bertz CT molecular complexity index is 722. The highest BCUT2D eigenvalue weighted by Gasteiger charge is 2.42. The molecule has 0 saturated carbocycles. The van der Waals surface area contributed by atoms with E-state index in [1.165, 1.54) is 0 Å². The summed E-state index contributed by atoms with van der Waals surface area (Å²) in [6, 6.07) is 2.04. The van der Waals surface area contributed by atoms with Crippen molar-refractivity contribution in [1.29, 1.82) is 0 Å². The highest BCUT2D eigenvalue weighted by Crippen LogP contribution is 2.40. The van der Waals surface area contributed by atoms with Gasteiger partial charge in [-0.2, -0.15) is 0 Å². The molecule has 0 spiro atoms. The van der Waals surface area contributed by atoms with Crippen LogP contribution < -0.4 is 4.74 Å². The van der Waals surface area contributed by atoms with E-state index < -0.39 is 41.7 Å². The Morgan fingerprint density at radius 3 is 2.39 bits per heavy atom. The lowest BCUT2D eigenvalue weighted by Crippen LogP contribution is -2.47. The first kappa shape index (κ1) is 15.5. The van der Waals surface area contributed by atoms with E-state index in [1.54, 1.807) is 0 Å². The van der Waals surface area contributed by atoms with Crippen LogP contribution in [-0.4, -0.2) is 61.5 Å². The molecule has 8 nitrogen and oxygen atoms in total. The molecule has 23 heavy (non-hydrogen) atoms. The second-order valence-electron chi connectivity index (χ2n) is 5.52. The number of hydrogen-bond acceptors (Lipinski definition) is 8. The summed E-state index contributed by atoms with van der Waals surface area (Å²) in [7, 11) is 0. The molecule has 0 aromatic heterocycles. The van der Waals surface area contributed by atoms with Gasteiger partial charge in [-0.25, -0.2) is 0 Å². The van der Waals surface area contributed by atoms with Crippen LogP contribution in [0.2, 0.25) is 0 Å². The van der Waals surface area contributed by atoms with Gasteiger partial charge in [0.05, 0.1) is 6.10 Å². The standard InChI is InChI=1S/C15H14O8/c16-6-3-7(17)11-10(4-6)23-15(14(22)13(11)21)5-1-8(18)12(20)9(19)2-5/h1,3-4,9,12,14-17,19-20,22H,2H2. The summed E-state index contributed by atoms with van der Waals surface area (Å²) in [5.74, 6) is -2.61. The average Bonchev–Trinajstić information content (AvgIpc) is 2.47. The van der Waals surface area contributed by atoms with E-state index in [-0.39, 0.29) is 29.1 Å². The maximum atomic E-state index is 12.2. The van der Waals surface area contributed by atoms with E-state index in [4.69, 9.17) is 4.74 Å². The van der Waals surface area contributed by atoms with Gasteiger partial charge in [0.25, 0.3) is 0 Å². The Hall–Kier alpha value is -2.42. The van der Waals surface area contributed by atoms with Crippen molar-refractivity contribution in [2.45, 2.75) is 30.8 Å². The molecular formula is C15H14O8. The van der Waals surface area contributed by atoms with Crippen molar-refractivity contribution in [1.82, 2.24) is 0 Å². The van der Waals surface area contributed by atoms with Crippen LogP contribution in [0.5, 0.6) is 17.2 Å². The lowest BCUT2D eigenvalue weighted by Gasteiger charge is -2.34. The van der Waals surface area contributed by atoms with Crippen molar-refractivity contribution in [3.8, 4) is 17.2 Å². The molecule has 4 atom stereocenters. The third-order valence-electron chi connectivity index (χ3n) is 3.92. The van der Waals surface area contributed by atoms with Gasteiger partial charge in [-0.3, -0.25) is 9.59 Å². The summed E-state index contributed by atoms with van der Waals surface area (Å²) in [6.07, 6.45) is -5.03. The normalized spacial score (nSPS) is 30.5. The lowest BCUT2D eigenvalue weighted by atomic mass is 9.85. The van der Waals surface area contributed by atoms with Gasteiger partial charge in [-0.15, -0.1) is 0 Å². The van der Waals surface area contributed by atoms with E-state index in [2.05, 4.69) is 0 Å². The van der Waals surface area contributed by atoms with Crippen LogP contribution >= 0.6 is 0 Å². The summed E-state index contributed by atoms with van der Waals surface area (Å²) in [6.45, 7) is 0. The Labute approximate surface area is 129 Å². The van der Waals surface area contributed by atoms with E-state index in [0.29, 0.717) is 0 Å². The Morgan fingerprint density at radius 1 is 1.04 bits per heavy atom. The zero-order valence-electron chi connectivity index (χ0n) is 11.7. The molecule has 1 aromatic carbocycles. The molecule has 1 aliphatic carbocycles. The molecule has 1 heterocycles. The SMILES string of the molecule is O=C1C=C(C2Oc3cc(O)cc(O)c3C(=O)C2O)CC(O)C1O. The topological polar surface area (TPSA) is 145 Å². The number of aromatic hydroxyl groups is 2. The summed E-state index contributed by atoms with van der Waals surface area (Å²) in [4.78, 5) is 23.8. The summed E-state index contributed by atoms with van der Waals surface area (Å²) < 4.78 is 5.44. The fourth-order valence-electron chi connectivity index (χ4n) is 2.76. The minimum absolute atomic E-state index is 0.141. The van der Waals surface area contributed by atoms with Gasteiger partial charge in [0, 0.05) is 18.6 Å². The molecule has 4 unspecified atom stereocenters. The highest BCUT2D eigenvalue weighted by atomic mass is 16.5. The number of fused-ring (bicyclic) bond motifs is 1. The van der Waals surface area contributed by atoms with Crippen LogP contribution in [0.25, 0.3) is 0 Å². The number of phenolic OH excluding ortho intramolecular Hbond substituents is 2. The number of rotatable bonds is 1. The zero-order valence-corrected chi connectivity index (χ0v) is 11.7. The van der Waals surface area contributed by atoms with E-state index >= 15 is 0 Å².